The summed E-state index contributed by atoms with van der Waals surface area (Å²) in [7, 11) is 0. The van der Waals surface area contributed by atoms with E-state index in [1.165, 1.54) is 0 Å². The van der Waals surface area contributed by atoms with Crippen molar-refractivity contribution >= 4 is 34.2 Å². The Hall–Kier alpha value is -2.63. The lowest BCUT2D eigenvalue weighted by Crippen LogP contribution is -1.98. The van der Waals surface area contributed by atoms with Gasteiger partial charge in [0, 0.05) is 11.1 Å². The van der Waals surface area contributed by atoms with Crippen LogP contribution in [0.4, 0.5) is 0 Å². The molecule has 0 amide bonds. The molecule has 0 aliphatic heterocycles. The van der Waals surface area contributed by atoms with Crippen molar-refractivity contribution in [2.24, 2.45) is 0 Å². The van der Waals surface area contributed by atoms with Gasteiger partial charge in [0.1, 0.15) is 0 Å². The summed E-state index contributed by atoms with van der Waals surface area (Å²) in [5.74, 6) is -0.460. The van der Waals surface area contributed by atoms with Crippen LogP contribution in [0.25, 0.3) is 28.0 Å². The molecule has 0 spiro atoms. The van der Waals surface area contributed by atoms with Gasteiger partial charge in [-0.05, 0) is 31.2 Å². The summed E-state index contributed by atoms with van der Waals surface area (Å²) in [5.41, 5.74) is 3.97. The number of aromatic hydroxyl groups is 2. The highest BCUT2D eigenvalue weighted by molar-refractivity contribution is 6.43. The molecule has 0 bridgehead atoms. The van der Waals surface area contributed by atoms with Crippen LogP contribution in [-0.4, -0.2) is 24.7 Å². The highest BCUT2D eigenvalue weighted by Crippen LogP contribution is 2.45. The Morgan fingerprint density at radius 1 is 1.12 bits per heavy atom. The summed E-state index contributed by atoms with van der Waals surface area (Å²) in [6.07, 6.45) is 1.60. The van der Waals surface area contributed by atoms with Gasteiger partial charge in [0.05, 0.1) is 38.8 Å². The fraction of sp³-hybridized carbons (Fsp3) is 0.0556. The molecule has 0 radical (unpaired) electrons. The normalized spacial score (nSPS) is 11.3. The van der Waals surface area contributed by atoms with Gasteiger partial charge in [-0.3, -0.25) is 4.57 Å². The molecule has 3 N–H and O–H groups in total. The number of imidazole rings is 1. The first-order valence-corrected chi connectivity index (χ1v) is 8.25. The second kappa shape index (κ2) is 5.72. The van der Waals surface area contributed by atoms with Crippen LogP contribution >= 0.6 is 23.2 Å². The number of hydrogen-bond acceptors (Lipinski definition) is 3. The third-order valence-corrected chi connectivity index (χ3v) is 5.05. The van der Waals surface area contributed by atoms with Crippen molar-refractivity contribution in [3.8, 4) is 28.6 Å². The second-order valence-corrected chi connectivity index (χ2v) is 6.47. The summed E-state index contributed by atoms with van der Waals surface area (Å²) >= 11 is 12.5. The van der Waals surface area contributed by atoms with Crippen molar-refractivity contribution in [1.82, 2.24) is 14.5 Å². The molecule has 0 aliphatic rings. The lowest BCUT2D eigenvalue weighted by Gasteiger charge is -2.13. The van der Waals surface area contributed by atoms with Crippen LogP contribution in [0.2, 0.25) is 10.0 Å². The Morgan fingerprint density at radius 3 is 2.72 bits per heavy atom. The molecule has 0 atom stereocenters. The number of rotatable bonds is 2. The number of nitrogens with one attached hydrogen (secondary N) is 1. The van der Waals surface area contributed by atoms with Gasteiger partial charge >= 0.3 is 0 Å². The minimum absolute atomic E-state index is 0.198. The monoisotopic (exact) mass is 373 g/mol. The summed E-state index contributed by atoms with van der Waals surface area (Å²) in [5, 5.41) is 21.6. The molecular formula is C18H13Cl2N3O2. The predicted octanol–water partition coefficient (Wildman–Crippen LogP) is 5.05. The fourth-order valence-corrected chi connectivity index (χ4v) is 3.37. The van der Waals surface area contributed by atoms with Crippen LogP contribution in [0, 0.1) is 6.92 Å². The molecule has 5 nitrogen and oxygen atoms in total. The quantitative estimate of drug-likeness (QED) is 0.460. The van der Waals surface area contributed by atoms with Gasteiger partial charge in [0.2, 0.25) is 5.88 Å². The van der Waals surface area contributed by atoms with Gasteiger partial charge in [0.15, 0.2) is 5.75 Å². The fourth-order valence-electron chi connectivity index (χ4n) is 2.98. The number of aromatic nitrogens is 3. The standard InChI is InChI=1S/C18H13Cl2N3O2/c1-9-16(11-3-2-4-12(19)15(11)20)23(18(25)17(9)24)10-5-6-13-14(7-10)22-8-21-13/h2-8,24-25H,1H3,(H,21,22). The van der Waals surface area contributed by atoms with Crippen molar-refractivity contribution in [3.63, 3.8) is 0 Å². The SMILES string of the molecule is Cc1c(O)c(O)n(-c2ccc3nc[nH]c3c2)c1-c1cccc(Cl)c1Cl. The van der Waals surface area contributed by atoms with Crippen LogP contribution in [0.3, 0.4) is 0 Å². The van der Waals surface area contributed by atoms with Crippen LogP contribution in [-0.2, 0) is 0 Å². The van der Waals surface area contributed by atoms with Gasteiger partial charge < -0.3 is 15.2 Å². The van der Waals surface area contributed by atoms with E-state index in [1.807, 2.05) is 18.2 Å². The summed E-state index contributed by atoms with van der Waals surface area (Å²) in [6, 6.07) is 10.7. The van der Waals surface area contributed by atoms with Crippen molar-refractivity contribution in [2.45, 2.75) is 6.92 Å². The first-order valence-electron chi connectivity index (χ1n) is 7.50. The van der Waals surface area contributed by atoms with E-state index in [9.17, 15) is 10.2 Å². The smallest absolute Gasteiger partial charge is 0.240 e. The summed E-state index contributed by atoms with van der Waals surface area (Å²) in [4.78, 5) is 7.22. The number of fused-ring (bicyclic) bond motifs is 1. The Bertz CT molecular complexity index is 1120. The molecule has 0 fully saturated rings. The van der Waals surface area contributed by atoms with E-state index in [2.05, 4.69) is 9.97 Å². The Balaban J connectivity index is 2.05. The third-order valence-electron chi connectivity index (χ3n) is 4.23. The van der Waals surface area contributed by atoms with Crippen molar-refractivity contribution in [1.29, 1.82) is 0 Å². The third kappa shape index (κ3) is 2.35. The molecule has 0 aliphatic carbocycles. The first kappa shape index (κ1) is 15.9. The molecule has 2 aromatic heterocycles. The number of hydrogen-bond donors (Lipinski definition) is 3. The zero-order valence-electron chi connectivity index (χ0n) is 13.1. The molecule has 2 aromatic carbocycles. The molecule has 7 heteroatoms. The summed E-state index contributed by atoms with van der Waals surface area (Å²) in [6.45, 7) is 1.72. The molecular weight excluding hydrogens is 361 g/mol. The zero-order valence-corrected chi connectivity index (χ0v) is 14.6. The molecule has 2 heterocycles. The largest absolute Gasteiger partial charge is 0.503 e. The zero-order chi connectivity index (χ0) is 17.7. The maximum absolute atomic E-state index is 10.5. The van der Waals surface area contributed by atoms with E-state index in [-0.39, 0.29) is 11.6 Å². The van der Waals surface area contributed by atoms with Gasteiger partial charge in [0.25, 0.3) is 0 Å². The maximum atomic E-state index is 10.5. The van der Waals surface area contributed by atoms with Crippen LogP contribution in [0.15, 0.2) is 42.7 Å². The lowest BCUT2D eigenvalue weighted by molar-refractivity contribution is 0.386. The van der Waals surface area contributed by atoms with Gasteiger partial charge in [-0.25, -0.2) is 4.98 Å². The van der Waals surface area contributed by atoms with E-state index < -0.39 is 0 Å². The molecule has 25 heavy (non-hydrogen) atoms. The minimum atomic E-state index is -0.262. The van der Waals surface area contributed by atoms with Crippen LogP contribution in [0.5, 0.6) is 11.6 Å². The molecule has 0 unspecified atom stereocenters. The number of H-pyrrole nitrogens is 1. The molecule has 4 aromatic rings. The van der Waals surface area contributed by atoms with Crippen molar-refractivity contribution < 1.29 is 10.2 Å². The highest BCUT2D eigenvalue weighted by atomic mass is 35.5. The van der Waals surface area contributed by atoms with E-state index in [1.54, 1.807) is 36.0 Å². The number of aromatic amines is 1. The Morgan fingerprint density at radius 2 is 1.92 bits per heavy atom. The van der Waals surface area contributed by atoms with Crippen molar-refractivity contribution in [2.75, 3.05) is 0 Å². The number of halogens is 2. The van der Waals surface area contributed by atoms with E-state index in [0.29, 0.717) is 32.6 Å². The molecule has 0 saturated carbocycles. The van der Waals surface area contributed by atoms with Gasteiger partial charge in [-0.2, -0.15) is 0 Å². The molecule has 0 saturated heterocycles. The average Bonchev–Trinajstić information content (AvgIpc) is 3.15. The first-order chi connectivity index (χ1) is 12.0. The highest BCUT2D eigenvalue weighted by Gasteiger charge is 2.24. The Kier molecular flexibility index (Phi) is 3.63. The second-order valence-electron chi connectivity index (χ2n) is 5.69. The average molecular weight is 374 g/mol. The number of nitrogens with zero attached hydrogens (tertiary/aromatic N) is 2. The summed E-state index contributed by atoms with van der Waals surface area (Å²) < 4.78 is 1.54. The Labute approximate surface area is 153 Å². The topological polar surface area (TPSA) is 74.1 Å². The van der Waals surface area contributed by atoms with E-state index >= 15 is 0 Å². The van der Waals surface area contributed by atoms with E-state index in [0.717, 1.165) is 11.0 Å². The number of benzene rings is 2. The molecule has 126 valence electrons. The van der Waals surface area contributed by atoms with Crippen LogP contribution < -0.4 is 0 Å². The van der Waals surface area contributed by atoms with E-state index in [4.69, 9.17) is 23.2 Å². The minimum Gasteiger partial charge on any atom is -0.503 e. The van der Waals surface area contributed by atoms with Gasteiger partial charge in [-0.15, -0.1) is 0 Å². The maximum Gasteiger partial charge on any atom is 0.240 e. The predicted molar refractivity (Wildman–Crippen MR) is 98.9 cm³/mol. The van der Waals surface area contributed by atoms with Crippen LogP contribution in [0.1, 0.15) is 5.56 Å². The van der Waals surface area contributed by atoms with Gasteiger partial charge in [-0.1, -0.05) is 35.3 Å². The lowest BCUT2D eigenvalue weighted by atomic mass is 10.1. The van der Waals surface area contributed by atoms with Crippen molar-refractivity contribution in [3.05, 3.63) is 58.3 Å². The molecule has 4 rings (SSSR count).